The Morgan fingerprint density at radius 2 is 1.81 bits per heavy atom. The Balaban J connectivity index is 1.58. The molecule has 1 aromatic carbocycles. The molecule has 130 valence electrons. The fraction of sp³-hybridized carbons (Fsp3) is 0.100. The van der Waals surface area contributed by atoms with Crippen molar-refractivity contribution in [2.24, 2.45) is 0 Å². The van der Waals surface area contributed by atoms with E-state index in [1.54, 1.807) is 25.1 Å². The zero-order valence-corrected chi connectivity index (χ0v) is 15.1. The van der Waals surface area contributed by atoms with Crippen LogP contribution in [0.4, 0.5) is 0 Å². The average Bonchev–Trinajstić information content (AvgIpc) is 3.38. The summed E-state index contributed by atoms with van der Waals surface area (Å²) in [6.07, 6.45) is 7.83. The summed E-state index contributed by atoms with van der Waals surface area (Å²) in [6.45, 7) is 0. The van der Waals surface area contributed by atoms with Crippen LogP contribution in [0.1, 0.15) is 5.56 Å². The molecule has 0 bridgehead atoms. The second kappa shape index (κ2) is 7.49. The number of imidazole rings is 1. The van der Waals surface area contributed by atoms with Crippen LogP contribution in [0.25, 0.3) is 11.5 Å². The number of methoxy groups -OCH3 is 1. The minimum atomic E-state index is 0.588. The lowest BCUT2D eigenvalue weighted by Gasteiger charge is -2.11. The predicted octanol–water partition coefficient (Wildman–Crippen LogP) is 4.36. The number of benzene rings is 1. The fourth-order valence-electron chi connectivity index (χ4n) is 2.74. The van der Waals surface area contributed by atoms with Gasteiger partial charge in [-0.05, 0) is 29.8 Å². The molecule has 0 fully saturated rings. The highest BCUT2D eigenvalue weighted by molar-refractivity contribution is 7.98. The van der Waals surface area contributed by atoms with Gasteiger partial charge in [0.25, 0.3) is 0 Å². The van der Waals surface area contributed by atoms with Gasteiger partial charge >= 0.3 is 0 Å². The van der Waals surface area contributed by atoms with Crippen molar-refractivity contribution in [1.29, 1.82) is 0 Å². The van der Waals surface area contributed by atoms with E-state index >= 15 is 0 Å². The highest BCUT2D eigenvalue weighted by atomic mass is 32.2. The average molecular weight is 362 g/mol. The molecule has 0 unspecified atom stereocenters. The molecule has 0 saturated heterocycles. The van der Waals surface area contributed by atoms with Crippen LogP contribution in [0, 0.1) is 0 Å². The largest absolute Gasteiger partial charge is 0.481 e. The molecule has 0 aliphatic rings. The molecule has 0 N–H and O–H groups in total. The van der Waals surface area contributed by atoms with Gasteiger partial charge in [0.1, 0.15) is 5.82 Å². The number of nitrogens with zero attached hydrogens (tertiary/aromatic N) is 4. The molecule has 5 nitrogen and oxygen atoms in total. The van der Waals surface area contributed by atoms with E-state index in [1.807, 2.05) is 41.1 Å². The molecule has 0 radical (unpaired) electrons. The van der Waals surface area contributed by atoms with E-state index in [1.165, 1.54) is 11.3 Å². The van der Waals surface area contributed by atoms with Crippen LogP contribution < -0.4 is 4.74 Å². The molecular formula is C20H18N4OS. The fourth-order valence-corrected chi connectivity index (χ4v) is 3.70. The minimum Gasteiger partial charge on any atom is -0.481 e. The van der Waals surface area contributed by atoms with Crippen LogP contribution in [0.15, 0.2) is 84.5 Å². The molecule has 3 heterocycles. The Morgan fingerprint density at radius 1 is 0.962 bits per heavy atom. The Morgan fingerprint density at radius 3 is 2.65 bits per heavy atom. The first-order chi connectivity index (χ1) is 12.8. The Labute approximate surface area is 156 Å². The minimum absolute atomic E-state index is 0.588. The third kappa shape index (κ3) is 3.36. The van der Waals surface area contributed by atoms with Crippen molar-refractivity contribution in [3.05, 3.63) is 84.9 Å². The van der Waals surface area contributed by atoms with Gasteiger partial charge in [-0.1, -0.05) is 36.0 Å². The van der Waals surface area contributed by atoms with Gasteiger partial charge in [0, 0.05) is 42.3 Å². The number of aromatic nitrogens is 4. The lowest BCUT2D eigenvalue weighted by atomic mass is 10.2. The Hall–Kier alpha value is -2.99. The number of rotatable bonds is 6. The predicted molar refractivity (Wildman–Crippen MR) is 103 cm³/mol. The van der Waals surface area contributed by atoms with Gasteiger partial charge in [0.05, 0.1) is 7.11 Å². The quantitative estimate of drug-likeness (QED) is 0.478. The third-order valence-electron chi connectivity index (χ3n) is 4.00. The lowest BCUT2D eigenvalue weighted by Crippen LogP contribution is -2.00. The topological polar surface area (TPSA) is 44.9 Å². The number of ether oxygens (including phenoxy) is 1. The summed E-state index contributed by atoms with van der Waals surface area (Å²) in [5, 5.41) is 0.896. The van der Waals surface area contributed by atoms with Crippen LogP contribution in [-0.4, -0.2) is 26.2 Å². The van der Waals surface area contributed by atoms with Crippen molar-refractivity contribution in [2.75, 3.05) is 7.11 Å². The van der Waals surface area contributed by atoms with Crippen LogP contribution in [0.3, 0.4) is 0 Å². The van der Waals surface area contributed by atoms with Gasteiger partial charge in [-0.2, -0.15) is 4.98 Å². The summed E-state index contributed by atoms with van der Waals surface area (Å²) in [4.78, 5) is 8.98. The molecular weight excluding hydrogens is 344 g/mol. The highest BCUT2D eigenvalue weighted by Gasteiger charge is 2.10. The maximum absolute atomic E-state index is 5.22. The van der Waals surface area contributed by atoms with E-state index in [2.05, 4.69) is 51.2 Å². The molecule has 0 aliphatic carbocycles. The summed E-state index contributed by atoms with van der Waals surface area (Å²) in [5.74, 6) is 2.20. The summed E-state index contributed by atoms with van der Waals surface area (Å²) in [6, 6.07) is 18.2. The van der Waals surface area contributed by atoms with Crippen molar-refractivity contribution >= 4 is 11.8 Å². The molecule has 6 heteroatoms. The number of para-hydroxylation sites is 1. The molecule has 0 saturated carbocycles. The van der Waals surface area contributed by atoms with E-state index in [9.17, 15) is 0 Å². The van der Waals surface area contributed by atoms with Gasteiger partial charge in [0.2, 0.25) is 5.88 Å². The van der Waals surface area contributed by atoms with Crippen molar-refractivity contribution in [1.82, 2.24) is 19.1 Å². The van der Waals surface area contributed by atoms with Crippen LogP contribution in [0.2, 0.25) is 0 Å². The monoisotopic (exact) mass is 362 g/mol. The van der Waals surface area contributed by atoms with E-state index in [-0.39, 0.29) is 0 Å². The second-order valence-corrected chi connectivity index (χ2v) is 6.57. The zero-order valence-electron chi connectivity index (χ0n) is 14.3. The van der Waals surface area contributed by atoms with Crippen LogP contribution in [0.5, 0.6) is 5.88 Å². The summed E-state index contributed by atoms with van der Waals surface area (Å²) in [5.41, 5.74) is 2.43. The van der Waals surface area contributed by atoms with Crippen molar-refractivity contribution in [2.45, 2.75) is 10.9 Å². The number of thioether (sulfide) groups is 1. The molecule has 0 aliphatic heterocycles. The van der Waals surface area contributed by atoms with Gasteiger partial charge < -0.3 is 9.30 Å². The van der Waals surface area contributed by atoms with Crippen LogP contribution in [-0.2, 0) is 5.75 Å². The van der Waals surface area contributed by atoms with Crippen molar-refractivity contribution in [3.63, 3.8) is 0 Å². The summed E-state index contributed by atoms with van der Waals surface area (Å²) >= 11 is 1.68. The van der Waals surface area contributed by atoms with E-state index in [4.69, 9.17) is 4.74 Å². The van der Waals surface area contributed by atoms with Gasteiger partial charge in [-0.25, -0.2) is 4.98 Å². The van der Waals surface area contributed by atoms with Gasteiger partial charge in [0.15, 0.2) is 5.16 Å². The Kier molecular flexibility index (Phi) is 4.75. The maximum atomic E-state index is 5.22. The normalized spacial score (nSPS) is 10.8. The molecule has 0 atom stereocenters. The molecule has 4 rings (SSSR count). The van der Waals surface area contributed by atoms with Crippen molar-refractivity contribution < 1.29 is 4.74 Å². The molecule has 0 spiro atoms. The van der Waals surface area contributed by atoms with Crippen molar-refractivity contribution in [3.8, 4) is 17.4 Å². The van der Waals surface area contributed by atoms with Gasteiger partial charge in [-0.15, -0.1) is 0 Å². The standard InChI is InChI=1S/C20H18N4OS/c1-25-19-10-6-9-18(22-19)24-14-11-21-20(24)26-15-16-7-2-3-8-17(16)23-12-4-5-13-23/h2-14H,15H2,1H3. The summed E-state index contributed by atoms with van der Waals surface area (Å²) < 4.78 is 9.33. The van der Waals surface area contributed by atoms with E-state index in [0.29, 0.717) is 5.88 Å². The molecule has 26 heavy (non-hydrogen) atoms. The second-order valence-electron chi connectivity index (χ2n) is 5.63. The third-order valence-corrected chi connectivity index (χ3v) is 5.02. The van der Waals surface area contributed by atoms with Crippen LogP contribution >= 0.6 is 11.8 Å². The maximum Gasteiger partial charge on any atom is 0.214 e. The Bertz CT molecular complexity index is 994. The molecule has 0 amide bonds. The molecule has 3 aromatic heterocycles. The SMILES string of the molecule is COc1cccc(-n2ccnc2SCc2ccccc2-n2cccc2)n1. The van der Waals surface area contributed by atoms with Gasteiger partial charge in [-0.3, -0.25) is 4.57 Å². The lowest BCUT2D eigenvalue weighted by molar-refractivity contribution is 0.397. The smallest absolute Gasteiger partial charge is 0.214 e. The first-order valence-corrected chi connectivity index (χ1v) is 9.22. The first kappa shape index (κ1) is 16.5. The first-order valence-electron chi connectivity index (χ1n) is 8.24. The van der Waals surface area contributed by atoms with E-state index in [0.717, 1.165) is 16.7 Å². The number of hydrogen-bond donors (Lipinski definition) is 0. The highest BCUT2D eigenvalue weighted by Crippen LogP contribution is 2.27. The zero-order chi connectivity index (χ0) is 17.8. The number of hydrogen-bond acceptors (Lipinski definition) is 4. The summed E-state index contributed by atoms with van der Waals surface area (Å²) in [7, 11) is 1.62. The number of pyridine rings is 1. The van der Waals surface area contributed by atoms with E-state index < -0.39 is 0 Å². The molecule has 4 aromatic rings.